The molecule has 1 aromatic heterocycles. The van der Waals surface area contributed by atoms with Crippen molar-refractivity contribution in [3.05, 3.63) is 63.9 Å². The van der Waals surface area contributed by atoms with Crippen molar-refractivity contribution in [2.24, 2.45) is 5.73 Å². The van der Waals surface area contributed by atoms with Crippen molar-refractivity contribution in [1.29, 1.82) is 0 Å². The summed E-state index contributed by atoms with van der Waals surface area (Å²) in [4.78, 5) is 12.6. The number of nitrogens with zero attached hydrogens (tertiary/aromatic N) is 1. The molecule has 3 nitrogen and oxygen atoms in total. The van der Waals surface area contributed by atoms with Crippen LogP contribution in [0.5, 0.6) is 0 Å². The summed E-state index contributed by atoms with van der Waals surface area (Å²) < 4.78 is 2.68. The Balaban J connectivity index is 2.29. The highest BCUT2D eigenvalue weighted by Gasteiger charge is 2.11. The van der Waals surface area contributed by atoms with E-state index in [1.165, 1.54) is 11.5 Å². The van der Waals surface area contributed by atoms with E-state index in [-0.39, 0.29) is 5.56 Å². The lowest BCUT2D eigenvalue weighted by Crippen LogP contribution is -2.12. The van der Waals surface area contributed by atoms with E-state index in [1.54, 1.807) is 3.96 Å². The third kappa shape index (κ3) is 2.49. The van der Waals surface area contributed by atoms with Crippen molar-refractivity contribution in [3.63, 3.8) is 0 Å². The minimum Gasteiger partial charge on any atom is -0.320 e. The van der Waals surface area contributed by atoms with Crippen LogP contribution in [0.15, 0.2) is 47.3 Å². The molecular weight excluding hydrogens is 280 g/mol. The molecule has 3 rings (SSSR count). The molecule has 0 saturated heterocycles. The summed E-state index contributed by atoms with van der Waals surface area (Å²) in [6.45, 7) is 2.30. The van der Waals surface area contributed by atoms with Crippen molar-refractivity contribution in [2.75, 3.05) is 6.54 Å². The van der Waals surface area contributed by atoms with Crippen LogP contribution in [0.1, 0.15) is 11.1 Å². The summed E-state index contributed by atoms with van der Waals surface area (Å²) in [5.41, 5.74) is 8.17. The monoisotopic (exact) mass is 294 g/mol. The number of aromatic nitrogens is 1. The van der Waals surface area contributed by atoms with E-state index in [4.69, 9.17) is 5.73 Å². The SMILES string of the molecule is Cc1ccc(C#CCN)c(-n2sc3ccccc3c2=O)c1. The van der Waals surface area contributed by atoms with Gasteiger partial charge >= 0.3 is 0 Å². The van der Waals surface area contributed by atoms with Crippen LogP contribution in [0.3, 0.4) is 0 Å². The van der Waals surface area contributed by atoms with Gasteiger partial charge in [-0.2, -0.15) is 0 Å². The van der Waals surface area contributed by atoms with Crippen LogP contribution in [0.25, 0.3) is 15.8 Å². The van der Waals surface area contributed by atoms with E-state index in [0.29, 0.717) is 6.54 Å². The number of hydrogen-bond acceptors (Lipinski definition) is 3. The lowest BCUT2D eigenvalue weighted by molar-refractivity contribution is 1.13. The zero-order chi connectivity index (χ0) is 14.8. The molecule has 21 heavy (non-hydrogen) atoms. The van der Waals surface area contributed by atoms with E-state index in [0.717, 1.165) is 26.9 Å². The second kappa shape index (κ2) is 5.57. The fourth-order valence-corrected chi connectivity index (χ4v) is 3.21. The normalized spacial score (nSPS) is 10.4. The standard InChI is InChI=1S/C17H14N2OS/c1-12-8-9-13(5-4-10-18)15(11-12)19-17(20)14-6-2-3-7-16(14)21-19/h2-3,6-9,11H,10,18H2,1H3. The van der Waals surface area contributed by atoms with E-state index in [2.05, 4.69) is 11.8 Å². The van der Waals surface area contributed by atoms with Gasteiger partial charge in [-0.25, -0.2) is 3.96 Å². The summed E-state index contributed by atoms with van der Waals surface area (Å²) in [6.07, 6.45) is 0. The summed E-state index contributed by atoms with van der Waals surface area (Å²) >= 11 is 1.44. The van der Waals surface area contributed by atoms with Gasteiger partial charge in [-0.15, -0.1) is 0 Å². The van der Waals surface area contributed by atoms with Gasteiger partial charge in [-0.3, -0.25) is 4.79 Å². The van der Waals surface area contributed by atoms with Gasteiger partial charge in [0, 0.05) is 5.56 Å². The molecule has 0 aliphatic heterocycles. The number of benzene rings is 2. The zero-order valence-electron chi connectivity index (χ0n) is 11.6. The second-order valence-electron chi connectivity index (χ2n) is 4.71. The van der Waals surface area contributed by atoms with Gasteiger partial charge in [0.05, 0.1) is 22.3 Å². The highest BCUT2D eigenvalue weighted by atomic mass is 32.1. The maximum Gasteiger partial charge on any atom is 0.273 e. The summed E-state index contributed by atoms with van der Waals surface area (Å²) in [6, 6.07) is 13.5. The number of aryl methyl sites for hydroxylation is 1. The quantitative estimate of drug-likeness (QED) is 0.701. The molecular formula is C17H14N2OS. The topological polar surface area (TPSA) is 48.0 Å². The first-order chi connectivity index (χ1) is 10.2. The van der Waals surface area contributed by atoms with Crippen molar-refractivity contribution in [2.45, 2.75) is 6.92 Å². The number of hydrogen-bond donors (Lipinski definition) is 1. The van der Waals surface area contributed by atoms with Gasteiger partial charge in [0.15, 0.2) is 0 Å². The Morgan fingerprint density at radius 3 is 2.81 bits per heavy atom. The largest absolute Gasteiger partial charge is 0.320 e. The molecule has 0 aliphatic carbocycles. The molecule has 0 atom stereocenters. The average molecular weight is 294 g/mol. The Morgan fingerprint density at radius 1 is 1.24 bits per heavy atom. The number of nitrogens with two attached hydrogens (primary N) is 1. The molecule has 4 heteroatoms. The smallest absolute Gasteiger partial charge is 0.273 e. The average Bonchev–Trinajstić information content (AvgIpc) is 2.83. The maximum absolute atomic E-state index is 12.6. The molecule has 104 valence electrons. The summed E-state index contributed by atoms with van der Waals surface area (Å²) in [5, 5.41) is 0.738. The molecule has 0 fully saturated rings. The Hall–Kier alpha value is -2.35. The fraction of sp³-hybridized carbons (Fsp3) is 0.118. The van der Waals surface area contributed by atoms with Crippen molar-refractivity contribution >= 4 is 21.6 Å². The van der Waals surface area contributed by atoms with Gasteiger partial charge in [0.25, 0.3) is 5.56 Å². The number of rotatable bonds is 1. The van der Waals surface area contributed by atoms with Crippen LogP contribution in [0.4, 0.5) is 0 Å². The van der Waals surface area contributed by atoms with Gasteiger partial charge in [-0.05, 0) is 36.8 Å². The van der Waals surface area contributed by atoms with Crippen molar-refractivity contribution < 1.29 is 0 Å². The predicted molar refractivity (Wildman–Crippen MR) is 88.1 cm³/mol. The van der Waals surface area contributed by atoms with Crippen LogP contribution >= 0.6 is 11.5 Å². The zero-order valence-corrected chi connectivity index (χ0v) is 12.4. The summed E-state index contributed by atoms with van der Waals surface area (Å²) in [5.74, 6) is 5.90. The molecule has 0 amide bonds. The van der Waals surface area contributed by atoms with E-state index < -0.39 is 0 Å². The molecule has 0 radical (unpaired) electrons. The Kier molecular flexibility index (Phi) is 3.61. The molecule has 2 aromatic carbocycles. The molecule has 0 saturated carbocycles. The van der Waals surface area contributed by atoms with Crippen LogP contribution in [-0.4, -0.2) is 10.5 Å². The maximum atomic E-state index is 12.6. The Bertz CT molecular complexity index is 925. The van der Waals surface area contributed by atoms with Crippen LogP contribution < -0.4 is 11.3 Å². The first-order valence-electron chi connectivity index (χ1n) is 6.62. The second-order valence-corrected chi connectivity index (χ2v) is 5.70. The highest BCUT2D eigenvalue weighted by Crippen LogP contribution is 2.22. The van der Waals surface area contributed by atoms with Crippen LogP contribution in [0.2, 0.25) is 0 Å². The van der Waals surface area contributed by atoms with E-state index in [9.17, 15) is 4.79 Å². The third-order valence-corrected chi connectivity index (χ3v) is 4.29. The Morgan fingerprint density at radius 2 is 2.05 bits per heavy atom. The van der Waals surface area contributed by atoms with Gasteiger partial charge in [0.2, 0.25) is 0 Å². The first-order valence-corrected chi connectivity index (χ1v) is 7.39. The molecule has 0 aliphatic rings. The van der Waals surface area contributed by atoms with Gasteiger partial charge in [-0.1, -0.05) is 41.6 Å². The van der Waals surface area contributed by atoms with E-state index in [1.807, 2.05) is 49.4 Å². The minimum absolute atomic E-state index is 0.00278. The Labute approximate surface area is 126 Å². The van der Waals surface area contributed by atoms with Crippen LogP contribution in [0, 0.1) is 18.8 Å². The van der Waals surface area contributed by atoms with E-state index >= 15 is 0 Å². The predicted octanol–water partition coefficient (Wildman–Crippen LogP) is 2.67. The van der Waals surface area contributed by atoms with Crippen molar-refractivity contribution in [1.82, 2.24) is 3.96 Å². The molecule has 0 spiro atoms. The summed E-state index contributed by atoms with van der Waals surface area (Å²) in [7, 11) is 0. The number of fused-ring (bicyclic) bond motifs is 1. The van der Waals surface area contributed by atoms with Gasteiger partial charge in [0.1, 0.15) is 0 Å². The molecule has 1 heterocycles. The molecule has 3 aromatic rings. The first kappa shape index (κ1) is 13.6. The molecule has 2 N–H and O–H groups in total. The van der Waals surface area contributed by atoms with Gasteiger partial charge < -0.3 is 5.73 Å². The molecule has 0 bridgehead atoms. The fourth-order valence-electron chi connectivity index (χ4n) is 2.19. The van der Waals surface area contributed by atoms with Crippen LogP contribution in [-0.2, 0) is 0 Å². The third-order valence-electron chi connectivity index (χ3n) is 3.19. The molecule has 0 unspecified atom stereocenters. The minimum atomic E-state index is -0.00278. The lowest BCUT2D eigenvalue weighted by Gasteiger charge is -2.05. The highest BCUT2D eigenvalue weighted by molar-refractivity contribution is 7.14. The van der Waals surface area contributed by atoms with Crippen molar-refractivity contribution in [3.8, 4) is 17.5 Å². The lowest BCUT2D eigenvalue weighted by atomic mass is 10.1.